The fourth-order valence-corrected chi connectivity index (χ4v) is 6.01. The number of alkyl halides is 1. The first-order valence-corrected chi connectivity index (χ1v) is 14.2. The Morgan fingerprint density at radius 2 is 1.88 bits per heavy atom. The molecule has 224 valence electrons. The summed E-state index contributed by atoms with van der Waals surface area (Å²) in [4.78, 5) is 57.0. The molecule has 1 fully saturated rings. The molecule has 2 aliphatic rings. The van der Waals surface area contributed by atoms with E-state index in [0.717, 1.165) is 14.7 Å². The number of benzene rings is 1. The van der Waals surface area contributed by atoms with E-state index in [-0.39, 0.29) is 11.4 Å². The summed E-state index contributed by atoms with van der Waals surface area (Å²) in [5, 5.41) is 11.7. The van der Waals surface area contributed by atoms with Crippen molar-refractivity contribution in [2.75, 3.05) is 20.2 Å². The molecule has 0 bridgehead atoms. The number of carbonyl (C=O) groups is 2. The van der Waals surface area contributed by atoms with Gasteiger partial charge in [-0.3, -0.25) is 23.9 Å². The number of nitrogens with zero attached hydrogens (tertiary/aromatic N) is 4. The lowest BCUT2D eigenvalue weighted by Crippen LogP contribution is -2.54. The zero-order valence-corrected chi connectivity index (χ0v) is 25.1. The van der Waals surface area contributed by atoms with Gasteiger partial charge in [0.2, 0.25) is 5.88 Å². The Morgan fingerprint density at radius 1 is 1.16 bits per heavy atom. The lowest BCUT2D eigenvalue weighted by molar-refractivity contribution is -0.147. The number of carboxylic acids is 1. The smallest absolute Gasteiger partial charge is 0.330 e. The molecule has 2 aromatic heterocycles. The average Bonchev–Trinajstić information content (AvgIpc) is 2.96. The maximum absolute atomic E-state index is 13.8. The van der Waals surface area contributed by atoms with Crippen molar-refractivity contribution < 1.29 is 19.4 Å². The van der Waals surface area contributed by atoms with Gasteiger partial charge in [0.25, 0.3) is 11.5 Å². The molecule has 2 atom stereocenters. The van der Waals surface area contributed by atoms with Crippen molar-refractivity contribution in [2.24, 2.45) is 20.0 Å². The van der Waals surface area contributed by atoms with Crippen LogP contribution in [0.4, 0.5) is 0 Å². The van der Waals surface area contributed by atoms with E-state index in [0.29, 0.717) is 41.5 Å². The van der Waals surface area contributed by atoms with Gasteiger partial charge in [-0.2, -0.15) is 0 Å². The van der Waals surface area contributed by atoms with Gasteiger partial charge in [-0.25, -0.2) is 9.78 Å². The quantitative estimate of drug-likeness (QED) is 0.365. The maximum atomic E-state index is 13.8. The van der Waals surface area contributed by atoms with Crippen molar-refractivity contribution in [3.05, 3.63) is 109 Å². The number of methoxy groups -OCH3 is 1. The SMILES string of the molecule is COc1nc(C2(NC(=O)c3cn(C)c(=O)n(C)c3=O)C=CC=C(c3ccccc3Cl)C2Cl)ccc1CN1CC(C(=O)O)C1. The highest BCUT2D eigenvalue weighted by Crippen LogP contribution is 2.43. The molecule has 43 heavy (non-hydrogen) atoms. The molecule has 2 unspecified atom stereocenters. The third-order valence-corrected chi connectivity index (χ3v) is 8.67. The second-order valence-electron chi connectivity index (χ2n) is 10.5. The Bertz CT molecular complexity index is 1790. The van der Waals surface area contributed by atoms with Crippen molar-refractivity contribution in [2.45, 2.75) is 17.5 Å². The summed E-state index contributed by atoms with van der Waals surface area (Å²) in [5.74, 6) is -1.74. The number of allylic oxidation sites excluding steroid dienone is 2. The molecule has 1 aromatic carbocycles. The van der Waals surface area contributed by atoms with E-state index >= 15 is 0 Å². The first-order valence-electron chi connectivity index (χ1n) is 13.3. The van der Waals surface area contributed by atoms with E-state index in [1.807, 2.05) is 17.0 Å². The van der Waals surface area contributed by atoms with Gasteiger partial charge in [-0.15, -0.1) is 11.6 Å². The minimum absolute atomic E-state index is 0.260. The van der Waals surface area contributed by atoms with Crippen LogP contribution in [0.25, 0.3) is 5.57 Å². The van der Waals surface area contributed by atoms with E-state index in [4.69, 9.17) is 32.9 Å². The van der Waals surface area contributed by atoms with Gasteiger partial charge >= 0.3 is 11.7 Å². The summed E-state index contributed by atoms with van der Waals surface area (Å²) in [5.41, 5.74) is -0.790. The molecule has 1 aliphatic carbocycles. The van der Waals surface area contributed by atoms with Crippen molar-refractivity contribution in [1.29, 1.82) is 0 Å². The van der Waals surface area contributed by atoms with Gasteiger partial charge in [0, 0.05) is 50.5 Å². The topological polar surface area (TPSA) is 136 Å². The average molecular weight is 626 g/mol. The number of aryl methyl sites for hydroxylation is 1. The Hall–Kier alpha value is -4.19. The van der Waals surface area contributed by atoms with Gasteiger partial charge in [-0.05, 0) is 23.3 Å². The standard InChI is InChI=1S/C30H29Cl2N5O6/c1-35-16-21(27(39)36(2)29(35)42)25(38)34-30(12-6-8-20(24(30)32)19-7-4-5-9-22(19)31)23-11-10-17(26(33-23)43-3)13-37-14-18(15-37)28(40)41/h4-12,16,18,24H,13-15H2,1-3H3,(H,34,38)(H,40,41). The van der Waals surface area contributed by atoms with Crippen molar-refractivity contribution in [1.82, 2.24) is 24.3 Å². The van der Waals surface area contributed by atoms with Crippen LogP contribution in [-0.2, 0) is 31.0 Å². The minimum Gasteiger partial charge on any atom is -0.481 e. The van der Waals surface area contributed by atoms with Crippen LogP contribution in [0.5, 0.6) is 5.88 Å². The van der Waals surface area contributed by atoms with Crippen LogP contribution in [0.15, 0.2) is 70.4 Å². The molecule has 5 rings (SSSR count). The van der Waals surface area contributed by atoms with E-state index < -0.39 is 40.0 Å². The normalized spacial score (nSPS) is 20.3. The number of nitrogens with one attached hydrogen (secondary N) is 1. The highest BCUT2D eigenvalue weighted by Gasteiger charge is 2.45. The summed E-state index contributed by atoms with van der Waals surface area (Å²) >= 11 is 13.8. The van der Waals surface area contributed by atoms with Gasteiger partial charge in [-0.1, -0.05) is 54.1 Å². The van der Waals surface area contributed by atoms with Gasteiger partial charge in [0.1, 0.15) is 11.1 Å². The third kappa shape index (κ3) is 5.51. The van der Waals surface area contributed by atoms with E-state index in [9.17, 15) is 24.3 Å². The second kappa shape index (κ2) is 11.8. The first kappa shape index (κ1) is 30.3. The third-order valence-electron chi connectivity index (χ3n) is 7.76. The van der Waals surface area contributed by atoms with Gasteiger partial charge in [0.05, 0.1) is 24.1 Å². The lowest BCUT2D eigenvalue weighted by atomic mass is 9.80. The van der Waals surface area contributed by atoms with Gasteiger partial charge < -0.3 is 19.7 Å². The molecule has 13 heteroatoms. The number of ether oxygens (including phenoxy) is 1. The van der Waals surface area contributed by atoms with Crippen LogP contribution in [0, 0.1) is 5.92 Å². The zero-order valence-electron chi connectivity index (χ0n) is 23.6. The molecule has 3 aromatic rings. The molecular formula is C30H29Cl2N5O6. The number of rotatable bonds is 8. The predicted molar refractivity (Wildman–Crippen MR) is 161 cm³/mol. The van der Waals surface area contributed by atoms with Gasteiger partial charge in [0.15, 0.2) is 0 Å². The number of hydrogen-bond acceptors (Lipinski definition) is 7. The van der Waals surface area contributed by atoms with E-state index in [2.05, 4.69) is 5.32 Å². The fraction of sp³-hybridized carbons (Fsp3) is 0.300. The molecule has 0 radical (unpaired) electrons. The number of aromatic nitrogens is 3. The first-order chi connectivity index (χ1) is 20.5. The summed E-state index contributed by atoms with van der Waals surface area (Å²) in [6.07, 6.45) is 6.39. The largest absolute Gasteiger partial charge is 0.481 e. The number of carbonyl (C=O) groups excluding carboxylic acids is 1. The van der Waals surface area contributed by atoms with E-state index in [1.54, 1.807) is 42.5 Å². The summed E-state index contributed by atoms with van der Waals surface area (Å²) in [6, 6.07) is 10.7. The second-order valence-corrected chi connectivity index (χ2v) is 11.4. The van der Waals surface area contributed by atoms with Crippen LogP contribution >= 0.6 is 23.2 Å². The Kier molecular flexibility index (Phi) is 8.33. The maximum Gasteiger partial charge on any atom is 0.330 e. The highest BCUT2D eigenvalue weighted by atomic mass is 35.5. The number of aliphatic carboxylic acids is 1. The van der Waals surface area contributed by atoms with Crippen LogP contribution in [-0.4, -0.2) is 61.6 Å². The summed E-state index contributed by atoms with van der Waals surface area (Å²) < 4.78 is 7.62. The highest BCUT2D eigenvalue weighted by molar-refractivity contribution is 6.34. The number of halogens is 2. The van der Waals surface area contributed by atoms with Crippen molar-refractivity contribution >= 4 is 40.7 Å². The summed E-state index contributed by atoms with van der Waals surface area (Å²) in [6.45, 7) is 1.24. The van der Waals surface area contributed by atoms with Crippen molar-refractivity contribution in [3.63, 3.8) is 0 Å². The Morgan fingerprint density at radius 3 is 2.56 bits per heavy atom. The number of amides is 1. The van der Waals surface area contributed by atoms with E-state index in [1.165, 1.54) is 27.4 Å². The molecule has 0 saturated carbocycles. The molecular weight excluding hydrogens is 597 g/mol. The lowest BCUT2D eigenvalue weighted by Gasteiger charge is -2.39. The molecule has 1 aliphatic heterocycles. The monoisotopic (exact) mass is 625 g/mol. The predicted octanol–water partition coefficient (Wildman–Crippen LogP) is 2.54. The molecule has 2 N–H and O–H groups in total. The van der Waals surface area contributed by atoms with Crippen LogP contribution in [0.2, 0.25) is 5.02 Å². The van der Waals surface area contributed by atoms with Crippen LogP contribution in [0.1, 0.15) is 27.2 Å². The number of likely N-dealkylation sites (tertiary alicyclic amines) is 1. The molecule has 3 heterocycles. The zero-order chi connectivity index (χ0) is 31.1. The van der Waals surface area contributed by atoms with Crippen molar-refractivity contribution in [3.8, 4) is 5.88 Å². The number of hydrogen-bond donors (Lipinski definition) is 2. The molecule has 0 spiro atoms. The molecule has 1 amide bonds. The molecule has 1 saturated heterocycles. The minimum atomic E-state index is -1.49. The summed E-state index contributed by atoms with van der Waals surface area (Å²) in [7, 11) is 4.21. The molecule has 11 nitrogen and oxygen atoms in total. The fourth-order valence-electron chi connectivity index (χ4n) is 5.34. The Balaban J connectivity index is 1.58. The number of pyridine rings is 1. The number of carboxylic acid groups (broad SMARTS) is 1. The van der Waals surface area contributed by atoms with Crippen LogP contribution < -0.4 is 21.3 Å². The Labute approximate surface area is 256 Å². The van der Waals surface area contributed by atoms with Crippen LogP contribution in [0.3, 0.4) is 0 Å².